The minimum Gasteiger partial charge on any atom is -0.494 e. The third kappa shape index (κ3) is 4.43. The number of imidazole rings is 1. The zero-order valence-electron chi connectivity index (χ0n) is 15.2. The molecule has 2 heterocycles. The van der Waals surface area contributed by atoms with Crippen molar-refractivity contribution in [3.63, 3.8) is 0 Å². The minimum atomic E-state index is -0.858. The summed E-state index contributed by atoms with van der Waals surface area (Å²) in [7, 11) is 1.55. The number of benzene rings is 1. The number of rotatable bonds is 7. The van der Waals surface area contributed by atoms with Crippen molar-refractivity contribution in [3.8, 4) is 5.75 Å². The Morgan fingerprint density at radius 2 is 2.15 bits per heavy atom. The quantitative estimate of drug-likeness (QED) is 0.624. The fraction of sp³-hybridized carbons (Fsp3) is 0.333. The van der Waals surface area contributed by atoms with Crippen LogP contribution >= 0.6 is 11.3 Å². The Balaban J connectivity index is 1.82. The number of carbonyl (C=O) groups is 2. The number of hydrogen-bond donors (Lipinski definition) is 1. The number of carbonyl (C=O) groups excluding carboxylic acids is 2. The average Bonchev–Trinajstić information content (AvgIpc) is 3.29. The number of para-hydroxylation sites is 1. The first-order valence-electron chi connectivity index (χ1n) is 8.38. The van der Waals surface area contributed by atoms with Crippen LogP contribution in [0.1, 0.15) is 23.6 Å². The smallest absolute Gasteiger partial charge is 0.330 e. The van der Waals surface area contributed by atoms with Gasteiger partial charge in [0.15, 0.2) is 5.01 Å². The van der Waals surface area contributed by atoms with Crippen molar-refractivity contribution < 1.29 is 19.1 Å². The number of amides is 1. The maximum Gasteiger partial charge on any atom is 0.330 e. The van der Waals surface area contributed by atoms with Gasteiger partial charge in [0, 0.05) is 12.4 Å². The summed E-state index contributed by atoms with van der Waals surface area (Å²) in [6.07, 6.45) is 4.60. The molecule has 0 fully saturated rings. The van der Waals surface area contributed by atoms with Gasteiger partial charge in [-0.2, -0.15) is 0 Å². The molecule has 0 spiro atoms. The molecule has 9 heteroatoms. The summed E-state index contributed by atoms with van der Waals surface area (Å²) < 4.78 is 13.1. The summed E-state index contributed by atoms with van der Waals surface area (Å²) in [5, 5.41) is 2.97. The second kappa shape index (κ2) is 8.17. The monoisotopic (exact) mass is 388 g/mol. The van der Waals surface area contributed by atoms with E-state index in [2.05, 4.69) is 15.3 Å². The molecular weight excluding hydrogens is 368 g/mol. The van der Waals surface area contributed by atoms with Gasteiger partial charge in [-0.1, -0.05) is 6.07 Å². The zero-order chi connectivity index (χ0) is 19.4. The molecular formula is C18H20N4O4S. The second-order valence-electron chi connectivity index (χ2n) is 6.10. The first kappa shape index (κ1) is 18.8. The Morgan fingerprint density at radius 3 is 2.81 bits per heavy atom. The van der Waals surface area contributed by atoms with Crippen LogP contribution < -0.4 is 10.1 Å². The maximum atomic E-state index is 12.7. The van der Waals surface area contributed by atoms with Crippen LogP contribution in [-0.4, -0.2) is 45.7 Å². The molecule has 0 saturated carbocycles. The van der Waals surface area contributed by atoms with E-state index in [0.29, 0.717) is 11.3 Å². The molecule has 3 rings (SSSR count). The molecule has 1 atom stereocenters. The fourth-order valence-corrected chi connectivity index (χ4v) is 3.39. The summed E-state index contributed by atoms with van der Waals surface area (Å²) in [5.74, 6) is -0.355. The topological polar surface area (TPSA) is 95.3 Å². The van der Waals surface area contributed by atoms with Gasteiger partial charge in [-0.3, -0.25) is 4.79 Å². The fourth-order valence-electron chi connectivity index (χ4n) is 2.50. The highest BCUT2D eigenvalue weighted by Crippen LogP contribution is 2.29. The van der Waals surface area contributed by atoms with E-state index < -0.39 is 17.9 Å². The van der Waals surface area contributed by atoms with E-state index in [4.69, 9.17) is 9.47 Å². The number of aromatic nitrogens is 3. The first-order chi connectivity index (χ1) is 13.0. The molecule has 0 aliphatic rings. The maximum absolute atomic E-state index is 12.7. The van der Waals surface area contributed by atoms with Crippen LogP contribution in [-0.2, 0) is 16.1 Å². The highest BCUT2D eigenvalue weighted by atomic mass is 32.1. The predicted octanol–water partition coefficient (Wildman–Crippen LogP) is 2.25. The third-order valence-electron chi connectivity index (χ3n) is 3.69. The van der Waals surface area contributed by atoms with Gasteiger partial charge < -0.3 is 19.4 Å². The Labute approximate surface area is 160 Å². The molecule has 2 aromatic heterocycles. The molecule has 0 bridgehead atoms. The summed E-state index contributed by atoms with van der Waals surface area (Å²) in [6.45, 7) is 3.73. The van der Waals surface area contributed by atoms with E-state index >= 15 is 0 Å². The molecule has 1 unspecified atom stereocenters. The molecule has 0 radical (unpaired) electrons. The molecule has 0 aliphatic heterocycles. The Morgan fingerprint density at radius 1 is 1.33 bits per heavy atom. The number of nitrogens with zero attached hydrogens (tertiary/aromatic N) is 3. The molecule has 1 aromatic carbocycles. The van der Waals surface area contributed by atoms with Gasteiger partial charge >= 0.3 is 5.97 Å². The molecule has 8 nitrogen and oxygen atoms in total. The van der Waals surface area contributed by atoms with Gasteiger partial charge in [0.25, 0.3) is 5.91 Å². The van der Waals surface area contributed by atoms with Crippen LogP contribution in [0.4, 0.5) is 0 Å². The minimum absolute atomic E-state index is 0.214. The van der Waals surface area contributed by atoms with Crippen LogP contribution in [0.5, 0.6) is 5.75 Å². The molecule has 1 amide bonds. The second-order valence-corrected chi connectivity index (χ2v) is 7.13. The van der Waals surface area contributed by atoms with E-state index in [1.165, 1.54) is 11.3 Å². The Hall–Kier alpha value is -2.94. The van der Waals surface area contributed by atoms with Gasteiger partial charge in [0.05, 0.1) is 30.8 Å². The van der Waals surface area contributed by atoms with Crippen LogP contribution in [0.2, 0.25) is 0 Å². The normalized spacial score (nSPS) is 12.1. The lowest BCUT2D eigenvalue weighted by Gasteiger charge is -2.19. The number of hydrogen-bond acceptors (Lipinski definition) is 7. The Bertz CT molecular complexity index is 936. The van der Waals surface area contributed by atoms with Gasteiger partial charge in [-0.05, 0) is 26.0 Å². The van der Waals surface area contributed by atoms with Crippen molar-refractivity contribution in [1.29, 1.82) is 0 Å². The van der Waals surface area contributed by atoms with E-state index in [1.54, 1.807) is 50.3 Å². The molecule has 0 aliphatic carbocycles. The number of esters is 1. The summed E-state index contributed by atoms with van der Waals surface area (Å²) in [5.41, 5.74) is 0.617. The van der Waals surface area contributed by atoms with Crippen molar-refractivity contribution in [2.24, 2.45) is 0 Å². The van der Waals surface area contributed by atoms with Crippen molar-refractivity contribution in [2.45, 2.75) is 32.5 Å². The molecule has 0 saturated heterocycles. The van der Waals surface area contributed by atoms with Gasteiger partial charge in [0.2, 0.25) is 0 Å². The highest BCUT2D eigenvalue weighted by molar-refractivity contribution is 7.20. The zero-order valence-corrected chi connectivity index (χ0v) is 16.0. The molecule has 142 valence electrons. The number of nitrogens with one attached hydrogen (secondary N) is 1. The van der Waals surface area contributed by atoms with E-state index in [-0.39, 0.29) is 17.7 Å². The van der Waals surface area contributed by atoms with Crippen LogP contribution in [0, 0.1) is 0 Å². The standard InChI is InChI=1S/C18H20N4O4S/c1-11(2)26-18(24)12(9-22-8-7-19-10-22)20-16(23)17-21-15-13(25-3)5-4-6-14(15)27-17/h4-8,10-12H,9H2,1-3H3,(H,20,23). The van der Waals surface area contributed by atoms with Gasteiger partial charge in [-0.25, -0.2) is 14.8 Å². The Kier molecular flexibility index (Phi) is 5.70. The van der Waals surface area contributed by atoms with Crippen molar-refractivity contribution in [1.82, 2.24) is 19.9 Å². The van der Waals surface area contributed by atoms with Gasteiger partial charge in [0.1, 0.15) is 17.3 Å². The predicted molar refractivity (Wildman–Crippen MR) is 101 cm³/mol. The summed E-state index contributed by atoms with van der Waals surface area (Å²) in [4.78, 5) is 33.4. The summed E-state index contributed by atoms with van der Waals surface area (Å²) >= 11 is 1.24. The van der Waals surface area contributed by atoms with E-state index in [9.17, 15) is 9.59 Å². The lowest BCUT2D eigenvalue weighted by atomic mass is 10.2. The lowest BCUT2D eigenvalue weighted by molar-refractivity contribution is -0.150. The lowest BCUT2D eigenvalue weighted by Crippen LogP contribution is -2.45. The number of ether oxygens (including phenoxy) is 2. The SMILES string of the molecule is COc1cccc2sc(C(=O)NC(Cn3ccnc3)C(=O)OC(C)C)nc12. The average molecular weight is 388 g/mol. The summed E-state index contributed by atoms with van der Waals surface area (Å²) in [6, 6.07) is 4.62. The van der Waals surface area contributed by atoms with Crippen molar-refractivity contribution in [3.05, 3.63) is 41.9 Å². The van der Waals surface area contributed by atoms with Crippen LogP contribution in [0.15, 0.2) is 36.9 Å². The van der Waals surface area contributed by atoms with E-state index in [0.717, 1.165) is 4.70 Å². The van der Waals surface area contributed by atoms with Crippen LogP contribution in [0.3, 0.4) is 0 Å². The largest absolute Gasteiger partial charge is 0.494 e. The number of methoxy groups -OCH3 is 1. The molecule has 27 heavy (non-hydrogen) atoms. The highest BCUT2D eigenvalue weighted by Gasteiger charge is 2.26. The van der Waals surface area contributed by atoms with Crippen LogP contribution in [0.25, 0.3) is 10.2 Å². The number of fused-ring (bicyclic) bond motifs is 1. The van der Waals surface area contributed by atoms with E-state index in [1.807, 2.05) is 12.1 Å². The number of thiazole rings is 1. The van der Waals surface area contributed by atoms with Crippen molar-refractivity contribution >= 4 is 33.4 Å². The first-order valence-corrected chi connectivity index (χ1v) is 9.20. The molecule has 3 aromatic rings. The van der Waals surface area contributed by atoms with Gasteiger partial charge in [-0.15, -0.1) is 11.3 Å². The van der Waals surface area contributed by atoms with Crippen molar-refractivity contribution in [2.75, 3.05) is 7.11 Å². The third-order valence-corrected chi connectivity index (χ3v) is 4.71. The molecule has 1 N–H and O–H groups in total.